The Labute approximate surface area is 174 Å². The summed E-state index contributed by atoms with van der Waals surface area (Å²) in [7, 11) is 0. The molecule has 0 atom stereocenters. The van der Waals surface area contributed by atoms with E-state index in [1.54, 1.807) is 24.5 Å². The lowest BCUT2D eigenvalue weighted by Crippen LogP contribution is -2.23. The Balaban J connectivity index is 1.75. The monoisotopic (exact) mass is 401 g/mol. The number of hydrogen-bond donors (Lipinski definition) is 0. The topological polar surface area (TPSA) is 69.6 Å². The van der Waals surface area contributed by atoms with Crippen LogP contribution in [0.1, 0.15) is 42.5 Å². The van der Waals surface area contributed by atoms with Crippen LogP contribution in [-0.4, -0.2) is 15.9 Å². The molecule has 0 saturated carbocycles. The summed E-state index contributed by atoms with van der Waals surface area (Å²) in [5.74, 6) is 2.05. The Morgan fingerprint density at radius 1 is 1.17 bits per heavy atom. The van der Waals surface area contributed by atoms with Crippen LogP contribution in [0.25, 0.3) is 10.9 Å². The second-order valence-electron chi connectivity index (χ2n) is 7.41. The maximum Gasteiger partial charge on any atom is 0.282 e. The number of ether oxygens (including phenoxy) is 1. The summed E-state index contributed by atoms with van der Waals surface area (Å²) >= 11 is 0. The molecule has 0 spiro atoms. The number of benzene rings is 2. The van der Waals surface area contributed by atoms with Crippen molar-refractivity contribution in [3.8, 4) is 5.75 Å². The minimum atomic E-state index is -0.254. The fourth-order valence-corrected chi connectivity index (χ4v) is 3.25. The number of hydrogen-bond acceptors (Lipinski definition) is 5. The molecule has 0 saturated heterocycles. The third-order valence-electron chi connectivity index (χ3n) is 4.81. The Morgan fingerprint density at radius 2 is 2.00 bits per heavy atom. The van der Waals surface area contributed by atoms with Gasteiger partial charge in [0, 0.05) is 0 Å². The lowest BCUT2D eigenvalue weighted by atomic mass is 10.0. The van der Waals surface area contributed by atoms with Crippen LogP contribution in [-0.2, 0) is 6.61 Å². The molecule has 0 aliphatic rings. The third kappa shape index (κ3) is 4.03. The van der Waals surface area contributed by atoms with Gasteiger partial charge in [-0.25, -0.2) is 4.98 Å². The van der Waals surface area contributed by atoms with Gasteiger partial charge in [0.1, 0.15) is 18.1 Å². The van der Waals surface area contributed by atoms with Crippen LogP contribution in [0.5, 0.6) is 5.75 Å². The van der Waals surface area contributed by atoms with Gasteiger partial charge in [0.15, 0.2) is 5.82 Å². The number of aromatic nitrogens is 2. The molecular formula is C24H23N3O3. The zero-order chi connectivity index (χ0) is 21.1. The maximum atomic E-state index is 13.1. The Morgan fingerprint density at radius 3 is 2.77 bits per heavy atom. The van der Waals surface area contributed by atoms with Crippen LogP contribution in [0.4, 0.5) is 0 Å². The molecule has 30 heavy (non-hydrogen) atoms. The highest BCUT2D eigenvalue weighted by molar-refractivity contribution is 5.78. The van der Waals surface area contributed by atoms with Crippen molar-refractivity contribution < 1.29 is 9.15 Å². The van der Waals surface area contributed by atoms with Crippen molar-refractivity contribution in [2.24, 2.45) is 5.10 Å². The van der Waals surface area contributed by atoms with Gasteiger partial charge in [-0.2, -0.15) is 9.78 Å². The van der Waals surface area contributed by atoms with Crippen LogP contribution in [0.2, 0.25) is 0 Å². The first-order valence-corrected chi connectivity index (χ1v) is 9.85. The molecule has 0 unspecified atom stereocenters. The van der Waals surface area contributed by atoms with Crippen molar-refractivity contribution in [3.63, 3.8) is 0 Å². The Hall–Kier alpha value is -3.67. The highest BCUT2D eigenvalue weighted by atomic mass is 16.5. The maximum absolute atomic E-state index is 13.1. The smallest absolute Gasteiger partial charge is 0.282 e. The number of nitrogens with zero attached hydrogens (tertiary/aromatic N) is 3. The second-order valence-corrected chi connectivity index (χ2v) is 7.41. The summed E-state index contributed by atoms with van der Waals surface area (Å²) in [5, 5.41) is 4.83. The molecule has 0 amide bonds. The van der Waals surface area contributed by atoms with Gasteiger partial charge in [-0.05, 0) is 54.3 Å². The van der Waals surface area contributed by atoms with E-state index in [4.69, 9.17) is 9.15 Å². The van der Waals surface area contributed by atoms with Crippen LogP contribution in [0.15, 0.2) is 75.2 Å². The lowest BCUT2D eigenvalue weighted by Gasteiger charge is -2.16. The fourth-order valence-electron chi connectivity index (χ4n) is 3.25. The van der Waals surface area contributed by atoms with Crippen molar-refractivity contribution in [2.45, 2.75) is 33.3 Å². The summed E-state index contributed by atoms with van der Waals surface area (Å²) in [4.78, 5) is 17.7. The molecule has 0 aliphatic carbocycles. The quantitative estimate of drug-likeness (QED) is 0.432. The Bertz CT molecular complexity index is 1250. The zero-order valence-electron chi connectivity index (χ0n) is 17.2. The Kier molecular flexibility index (Phi) is 5.48. The molecule has 0 bridgehead atoms. The van der Waals surface area contributed by atoms with Gasteiger partial charge in [-0.3, -0.25) is 4.79 Å². The van der Waals surface area contributed by atoms with Crippen molar-refractivity contribution in [3.05, 3.63) is 93.9 Å². The summed E-state index contributed by atoms with van der Waals surface area (Å²) in [6.07, 6.45) is 3.05. The number of rotatable bonds is 6. The molecule has 0 N–H and O–H groups in total. The van der Waals surface area contributed by atoms with Crippen molar-refractivity contribution in [1.82, 2.24) is 9.66 Å². The van der Waals surface area contributed by atoms with Gasteiger partial charge in [0.2, 0.25) is 0 Å². The number of fused-ring (bicyclic) bond motifs is 1. The zero-order valence-corrected chi connectivity index (χ0v) is 17.2. The van der Waals surface area contributed by atoms with Crippen LogP contribution in [0.3, 0.4) is 0 Å². The first kappa shape index (κ1) is 19.6. The van der Waals surface area contributed by atoms with Gasteiger partial charge < -0.3 is 9.15 Å². The number of para-hydroxylation sites is 1. The highest BCUT2D eigenvalue weighted by Gasteiger charge is 2.13. The average molecular weight is 401 g/mol. The average Bonchev–Trinajstić information content (AvgIpc) is 3.25. The minimum Gasteiger partial charge on any atom is -0.485 e. The molecule has 0 radical (unpaired) electrons. The van der Waals surface area contributed by atoms with E-state index in [1.807, 2.05) is 31.2 Å². The van der Waals surface area contributed by atoms with E-state index in [1.165, 1.54) is 10.9 Å². The van der Waals surface area contributed by atoms with Crippen LogP contribution < -0.4 is 10.3 Å². The van der Waals surface area contributed by atoms with Crippen molar-refractivity contribution >= 4 is 17.1 Å². The number of aryl methyl sites for hydroxylation is 1. The molecule has 2 aromatic carbocycles. The summed E-state index contributed by atoms with van der Waals surface area (Å²) < 4.78 is 12.7. The van der Waals surface area contributed by atoms with E-state index in [0.717, 1.165) is 16.9 Å². The molecule has 4 aromatic rings. The SMILES string of the molecule is Cc1ccc(C(C)C)c(OCc2nc3ccccc3c(=O)n2N=Cc2ccco2)c1. The van der Waals surface area contributed by atoms with Crippen molar-refractivity contribution in [1.29, 1.82) is 0 Å². The van der Waals surface area contributed by atoms with E-state index in [9.17, 15) is 4.79 Å². The molecule has 2 heterocycles. The molecule has 0 aliphatic heterocycles. The standard InChI is InChI=1S/C24H23N3O3/c1-16(2)19-11-10-17(3)13-22(19)30-15-23-26-21-9-5-4-8-20(21)24(28)27(23)25-14-18-7-6-12-29-18/h4-14,16H,15H2,1-3H3. The van der Waals surface area contributed by atoms with E-state index in [-0.39, 0.29) is 12.2 Å². The minimum absolute atomic E-state index is 0.110. The molecule has 2 aromatic heterocycles. The summed E-state index contributed by atoms with van der Waals surface area (Å²) in [6, 6.07) is 16.9. The van der Waals surface area contributed by atoms with E-state index >= 15 is 0 Å². The van der Waals surface area contributed by atoms with Crippen LogP contribution >= 0.6 is 0 Å². The van der Waals surface area contributed by atoms with E-state index in [2.05, 4.69) is 36.1 Å². The number of furan rings is 1. The second kappa shape index (κ2) is 8.37. The molecule has 152 valence electrons. The van der Waals surface area contributed by atoms with Crippen LogP contribution in [0, 0.1) is 6.92 Å². The predicted octanol–water partition coefficient (Wildman–Crippen LogP) is 4.88. The van der Waals surface area contributed by atoms with Gasteiger partial charge in [0.05, 0.1) is 23.4 Å². The first-order valence-electron chi connectivity index (χ1n) is 9.85. The third-order valence-corrected chi connectivity index (χ3v) is 4.81. The first-order chi connectivity index (χ1) is 14.5. The molecule has 6 heteroatoms. The molecule has 4 rings (SSSR count). The highest BCUT2D eigenvalue weighted by Crippen LogP contribution is 2.28. The van der Waals surface area contributed by atoms with Gasteiger partial charge in [-0.1, -0.05) is 38.1 Å². The molecule has 6 nitrogen and oxygen atoms in total. The van der Waals surface area contributed by atoms with Gasteiger partial charge in [-0.15, -0.1) is 0 Å². The summed E-state index contributed by atoms with van der Waals surface area (Å²) in [5.41, 5.74) is 2.57. The van der Waals surface area contributed by atoms with E-state index in [0.29, 0.717) is 28.4 Å². The van der Waals surface area contributed by atoms with Crippen molar-refractivity contribution in [2.75, 3.05) is 0 Å². The van der Waals surface area contributed by atoms with Gasteiger partial charge >= 0.3 is 0 Å². The van der Waals surface area contributed by atoms with Gasteiger partial charge in [0.25, 0.3) is 5.56 Å². The fraction of sp³-hybridized carbons (Fsp3) is 0.208. The summed E-state index contributed by atoms with van der Waals surface area (Å²) in [6.45, 7) is 6.37. The predicted molar refractivity (Wildman–Crippen MR) is 117 cm³/mol. The lowest BCUT2D eigenvalue weighted by molar-refractivity contribution is 0.285. The van der Waals surface area contributed by atoms with E-state index < -0.39 is 0 Å². The largest absolute Gasteiger partial charge is 0.485 e. The molecule has 0 fully saturated rings. The molecular weight excluding hydrogens is 378 g/mol. The normalized spacial score (nSPS) is 11.6.